The molecule has 1 amide bonds. The van der Waals surface area contributed by atoms with Crippen LogP contribution in [-0.4, -0.2) is 35.1 Å². The second-order valence-electron chi connectivity index (χ2n) is 6.24. The van der Waals surface area contributed by atoms with E-state index in [-0.39, 0.29) is 29.6 Å². The minimum Gasteiger partial charge on any atom is -0.481 e. The molecular formula is C21H17FN4O3S. The van der Waals surface area contributed by atoms with E-state index >= 15 is 0 Å². The summed E-state index contributed by atoms with van der Waals surface area (Å²) in [7, 11) is 2.84. The highest BCUT2D eigenvalue weighted by molar-refractivity contribution is 7.22. The lowest BCUT2D eigenvalue weighted by atomic mass is 10.2. The van der Waals surface area contributed by atoms with Crippen LogP contribution in [0.2, 0.25) is 0 Å². The Morgan fingerprint density at radius 2 is 1.83 bits per heavy atom. The molecule has 0 aliphatic rings. The van der Waals surface area contributed by atoms with Gasteiger partial charge in [0.05, 0.1) is 25.5 Å². The number of hydrogen-bond donors (Lipinski definition) is 0. The van der Waals surface area contributed by atoms with Crippen LogP contribution >= 0.6 is 11.3 Å². The Labute approximate surface area is 175 Å². The molecule has 2 heterocycles. The number of fused-ring (bicyclic) bond motifs is 1. The van der Waals surface area contributed by atoms with Crippen LogP contribution in [0.3, 0.4) is 0 Å². The first-order chi connectivity index (χ1) is 14.6. The Hall–Kier alpha value is -3.59. The number of thiazole rings is 1. The van der Waals surface area contributed by atoms with Crippen molar-refractivity contribution in [2.24, 2.45) is 0 Å². The summed E-state index contributed by atoms with van der Waals surface area (Å²) in [4.78, 5) is 27.5. The highest BCUT2D eigenvalue weighted by Crippen LogP contribution is 2.32. The number of amides is 1. The fourth-order valence-corrected chi connectivity index (χ4v) is 3.84. The van der Waals surface area contributed by atoms with Crippen molar-refractivity contribution in [1.29, 1.82) is 0 Å². The number of halogens is 1. The average Bonchev–Trinajstić information content (AvgIpc) is 3.22. The molecule has 0 saturated heterocycles. The molecule has 2 aromatic carbocycles. The lowest BCUT2D eigenvalue weighted by Crippen LogP contribution is -2.31. The Bertz CT molecular complexity index is 1180. The third kappa shape index (κ3) is 3.92. The molecule has 0 bridgehead atoms. The first-order valence-electron chi connectivity index (χ1n) is 8.97. The van der Waals surface area contributed by atoms with Crippen LogP contribution in [0.5, 0.6) is 11.9 Å². The molecule has 30 heavy (non-hydrogen) atoms. The first-order valence-corrected chi connectivity index (χ1v) is 9.78. The lowest BCUT2D eigenvalue weighted by Gasteiger charge is -2.20. The summed E-state index contributed by atoms with van der Waals surface area (Å²) in [5.74, 6) is -0.676. The lowest BCUT2D eigenvalue weighted by molar-refractivity contribution is 0.0978. The van der Waals surface area contributed by atoms with Gasteiger partial charge in [0.25, 0.3) is 5.91 Å². The zero-order valence-electron chi connectivity index (χ0n) is 16.2. The van der Waals surface area contributed by atoms with E-state index in [4.69, 9.17) is 9.47 Å². The van der Waals surface area contributed by atoms with E-state index in [1.165, 1.54) is 42.6 Å². The number of methoxy groups -OCH3 is 2. The summed E-state index contributed by atoms with van der Waals surface area (Å²) in [5, 5.41) is 0.362. The number of nitrogens with zero attached hydrogens (tertiary/aromatic N) is 4. The molecule has 0 aliphatic carbocycles. The van der Waals surface area contributed by atoms with Gasteiger partial charge in [-0.3, -0.25) is 9.69 Å². The summed E-state index contributed by atoms with van der Waals surface area (Å²) >= 11 is 1.23. The maximum atomic E-state index is 14.2. The smallest absolute Gasteiger partial charge is 0.320 e. The molecule has 0 N–H and O–H groups in total. The summed E-state index contributed by atoms with van der Waals surface area (Å²) in [6, 6.07) is 15.6. The van der Waals surface area contributed by atoms with Crippen molar-refractivity contribution in [3.8, 4) is 11.9 Å². The molecule has 0 atom stereocenters. The maximum absolute atomic E-state index is 14.2. The van der Waals surface area contributed by atoms with E-state index < -0.39 is 11.7 Å². The van der Waals surface area contributed by atoms with Crippen molar-refractivity contribution in [2.75, 3.05) is 19.1 Å². The zero-order chi connectivity index (χ0) is 21.1. The second-order valence-corrected chi connectivity index (χ2v) is 7.25. The Kier molecular flexibility index (Phi) is 5.53. The Morgan fingerprint density at radius 3 is 2.53 bits per heavy atom. The van der Waals surface area contributed by atoms with Crippen LogP contribution in [0.15, 0.2) is 54.6 Å². The molecule has 152 valence electrons. The molecule has 2 aromatic heterocycles. The average molecular weight is 424 g/mol. The molecule has 9 heteroatoms. The van der Waals surface area contributed by atoms with Gasteiger partial charge in [-0.2, -0.15) is 9.97 Å². The van der Waals surface area contributed by atoms with Gasteiger partial charge in [-0.25, -0.2) is 9.37 Å². The monoisotopic (exact) mass is 424 g/mol. The molecule has 4 aromatic rings. The molecule has 7 nitrogen and oxygen atoms in total. The minimum atomic E-state index is -0.438. The van der Waals surface area contributed by atoms with Crippen molar-refractivity contribution in [1.82, 2.24) is 15.0 Å². The fourth-order valence-electron chi connectivity index (χ4n) is 2.86. The quantitative estimate of drug-likeness (QED) is 0.464. The van der Waals surface area contributed by atoms with Crippen LogP contribution in [-0.2, 0) is 6.54 Å². The number of benzene rings is 2. The molecule has 0 unspecified atom stereocenters. The van der Waals surface area contributed by atoms with Crippen molar-refractivity contribution in [3.63, 3.8) is 0 Å². The predicted octanol–water partition coefficient (Wildman–Crippen LogP) is 4.09. The number of hydrogen-bond acceptors (Lipinski definition) is 7. The van der Waals surface area contributed by atoms with E-state index in [0.717, 1.165) is 5.56 Å². The molecule has 0 radical (unpaired) electrons. The highest BCUT2D eigenvalue weighted by atomic mass is 32.1. The second kappa shape index (κ2) is 8.42. The molecule has 0 saturated carbocycles. The molecule has 0 aliphatic heterocycles. The summed E-state index contributed by atoms with van der Waals surface area (Å²) in [5.41, 5.74) is 1.19. The topological polar surface area (TPSA) is 77.4 Å². The van der Waals surface area contributed by atoms with Gasteiger partial charge in [0.15, 0.2) is 5.13 Å². The number of carbonyl (C=O) groups is 1. The van der Waals surface area contributed by atoms with Crippen LogP contribution in [0.4, 0.5) is 9.52 Å². The van der Waals surface area contributed by atoms with Crippen LogP contribution in [0.25, 0.3) is 10.2 Å². The van der Waals surface area contributed by atoms with Gasteiger partial charge in [-0.15, -0.1) is 0 Å². The van der Waals surface area contributed by atoms with E-state index in [9.17, 15) is 9.18 Å². The standard InChI is InChI=1S/C21H17FN4O3S/c1-28-17-11-15(23-20(24-17)29-2)19(27)26(12-13-7-4-3-5-8-13)21-25-18-14(22)9-6-10-16(18)30-21/h3-11H,12H2,1-2H3. The third-order valence-electron chi connectivity index (χ3n) is 4.31. The van der Waals surface area contributed by atoms with Crippen molar-refractivity contribution >= 4 is 32.6 Å². The maximum Gasteiger partial charge on any atom is 0.320 e. The summed E-state index contributed by atoms with van der Waals surface area (Å²) < 4.78 is 25.1. The first kappa shape index (κ1) is 19.7. The fraction of sp³-hybridized carbons (Fsp3) is 0.143. The number of para-hydroxylation sites is 1. The number of carbonyl (C=O) groups excluding carboxylic acids is 1. The van der Waals surface area contributed by atoms with E-state index in [1.807, 2.05) is 30.3 Å². The predicted molar refractivity (Wildman–Crippen MR) is 112 cm³/mol. The van der Waals surface area contributed by atoms with Gasteiger partial charge in [0.1, 0.15) is 17.0 Å². The number of rotatable bonds is 6. The third-order valence-corrected chi connectivity index (χ3v) is 5.35. The Balaban J connectivity index is 1.80. The van der Waals surface area contributed by atoms with Crippen molar-refractivity contribution in [2.45, 2.75) is 6.54 Å². The normalized spacial score (nSPS) is 10.8. The zero-order valence-corrected chi connectivity index (χ0v) is 17.0. The van der Waals surface area contributed by atoms with Gasteiger partial charge < -0.3 is 9.47 Å². The van der Waals surface area contributed by atoms with Crippen molar-refractivity contribution in [3.05, 3.63) is 71.7 Å². The Morgan fingerprint density at radius 1 is 1.03 bits per heavy atom. The van der Waals surface area contributed by atoms with Gasteiger partial charge in [0, 0.05) is 6.07 Å². The van der Waals surface area contributed by atoms with Crippen molar-refractivity contribution < 1.29 is 18.7 Å². The molecule has 0 spiro atoms. The van der Waals surface area contributed by atoms with E-state index in [1.54, 1.807) is 12.1 Å². The SMILES string of the molecule is COc1cc(C(=O)N(Cc2ccccc2)c2nc3c(F)cccc3s2)nc(OC)n1. The number of anilines is 1. The van der Waals surface area contributed by atoms with E-state index in [2.05, 4.69) is 15.0 Å². The number of aromatic nitrogens is 3. The molecule has 0 fully saturated rings. The van der Waals surface area contributed by atoms with Gasteiger partial charge >= 0.3 is 6.01 Å². The van der Waals surface area contributed by atoms with Gasteiger partial charge in [-0.05, 0) is 17.7 Å². The van der Waals surface area contributed by atoms with Crippen LogP contribution in [0, 0.1) is 5.82 Å². The largest absolute Gasteiger partial charge is 0.481 e. The van der Waals surface area contributed by atoms with Crippen LogP contribution in [0.1, 0.15) is 16.1 Å². The van der Waals surface area contributed by atoms with E-state index in [0.29, 0.717) is 9.83 Å². The molecule has 4 rings (SSSR count). The minimum absolute atomic E-state index is 0.00713. The van der Waals surface area contributed by atoms with Crippen LogP contribution < -0.4 is 14.4 Å². The summed E-state index contributed by atoms with van der Waals surface area (Å²) in [6.45, 7) is 0.232. The summed E-state index contributed by atoms with van der Waals surface area (Å²) in [6.07, 6.45) is 0. The van der Waals surface area contributed by atoms with Gasteiger partial charge in [-0.1, -0.05) is 47.7 Å². The highest BCUT2D eigenvalue weighted by Gasteiger charge is 2.25. The van der Waals surface area contributed by atoms with Gasteiger partial charge in [0.2, 0.25) is 5.88 Å². The number of ether oxygens (including phenoxy) is 2. The molecular weight excluding hydrogens is 407 g/mol.